The minimum Gasteiger partial charge on any atom is -0.321 e. The normalized spacial score (nSPS) is 12.0. The highest BCUT2D eigenvalue weighted by Crippen LogP contribution is 2.38. The van der Waals surface area contributed by atoms with Crippen LogP contribution in [0, 0.1) is 0 Å². The lowest BCUT2D eigenvalue weighted by Crippen LogP contribution is -2.03. The first-order valence-corrected chi connectivity index (χ1v) is 17.3. The van der Waals surface area contributed by atoms with Crippen LogP contribution in [0.15, 0.2) is 164 Å². The van der Waals surface area contributed by atoms with Crippen LogP contribution in [-0.4, -0.2) is 18.7 Å². The minimum absolute atomic E-state index is 0.265. The standard InChI is InChI=1S/C46H34N4/c1-30(2)48-45-25-12-7-20-40(45)47-46(48)32-15-13-14-31(26-32)33-27-34(49-41-21-8-3-16-36(41)37-17-4-9-22-42(37)49)29-35(28-33)50-43-23-10-5-18-38(43)39-19-6-11-24-44(39)50/h3-30H,1-2H3. The smallest absolute Gasteiger partial charge is 0.141 e. The van der Waals surface area contributed by atoms with E-state index < -0.39 is 0 Å². The van der Waals surface area contributed by atoms with Crippen molar-refractivity contribution in [2.75, 3.05) is 0 Å². The average molecular weight is 643 g/mol. The maximum absolute atomic E-state index is 5.15. The van der Waals surface area contributed by atoms with Crippen molar-refractivity contribution < 1.29 is 0 Å². The van der Waals surface area contributed by atoms with E-state index >= 15 is 0 Å². The number of hydrogen-bond donors (Lipinski definition) is 0. The Morgan fingerprint density at radius 3 is 1.34 bits per heavy atom. The molecule has 0 aliphatic rings. The van der Waals surface area contributed by atoms with Crippen LogP contribution >= 0.6 is 0 Å². The third kappa shape index (κ3) is 4.28. The summed E-state index contributed by atoms with van der Waals surface area (Å²) in [5.41, 5.74) is 12.6. The largest absolute Gasteiger partial charge is 0.321 e. The van der Waals surface area contributed by atoms with Gasteiger partial charge in [-0.15, -0.1) is 0 Å². The molecule has 0 N–H and O–H groups in total. The zero-order valence-corrected chi connectivity index (χ0v) is 28.0. The molecule has 0 saturated carbocycles. The quantitative estimate of drug-likeness (QED) is 0.184. The molecular weight excluding hydrogens is 609 g/mol. The molecule has 0 atom stereocenters. The first kappa shape index (κ1) is 28.6. The molecule has 0 spiro atoms. The Hall–Kier alpha value is -6.39. The van der Waals surface area contributed by atoms with Gasteiger partial charge in [-0.25, -0.2) is 4.98 Å². The van der Waals surface area contributed by atoms with Crippen molar-refractivity contribution in [3.63, 3.8) is 0 Å². The van der Waals surface area contributed by atoms with Gasteiger partial charge in [-0.05, 0) is 85.6 Å². The molecule has 10 aromatic rings. The predicted octanol–water partition coefficient (Wildman–Crippen LogP) is 12.1. The van der Waals surface area contributed by atoms with Crippen LogP contribution in [0.4, 0.5) is 0 Å². The summed E-state index contributed by atoms with van der Waals surface area (Å²) in [5, 5.41) is 5.01. The lowest BCUT2D eigenvalue weighted by atomic mass is 10.0. The number of fused-ring (bicyclic) bond motifs is 7. The molecule has 238 valence electrons. The van der Waals surface area contributed by atoms with Crippen molar-refractivity contribution in [1.82, 2.24) is 18.7 Å². The molecule has 50 heavy (non-hydrogen) atoms. The van der Waals surface area contributed by atoms with Crippen LogP contribution in [-0.2, 0) is 0 Å². The lowest BCUT2D eigenvalue weighted by Gasteiger charge is -2.17. The number of benzene rings is 7. The second kappa shape index (κ2) is 11.1. The van der Waals surface area contributed by atoms with Crippen molar-refractivity contribution in [3.8, 4) is 33.9 Å². The molecule has 0 aliphatic heterocycles. The van der Waals surface area contributed by atoms with Gasteiger partial charge in [-0.3, -0.25) is 0 Å². The van der Waals surface area contributed by atoms with Gasteiger partial charge >= 0.3 is 0 Å². The van der Waals surface area contributed by atoms with Gasteiger partial charge in [0.1, 0.15) is 5.82 Å². The Kier molecular flexibility index (Phi) is 6.34. The Labute approximate surface area is 290 Å². The zero-order valence-electron chi connectivity index (χ0n) is 28.0. The van der Waals surface area contributed by atoms with Crippen molar-refractivity contribution in [3.05, 3.63) is 164 Å². The van der Waals surface area contributed by atoms with Crippen LogP contribution in [0.25, 0.3) is 88.5 Å². The Morgan fingerprint density at radius 1 is 0.400 bits per heavy atom. The van der Waals surface area contributed by atoms with E-state index in [1.807, 2.05) is 0 Å². The summed E-state index contributed by atoms with van der Waals surface area (Å²) in [6.07, 6.45) is 0. The van der Waals surface area contributed by atoms with E-state index in [0.29, 0.717) is 0 Å². The summed E-state index contributed by atoms with van der Waals surface area (Å²) in [6, 6.07) is 59.6. The molecule has 0 radical (unpaired) electrons. The molecule has 4 heteroatoms. The SMILES string of the molecule is CC(C)n1c(-c2cccc(-c3cc(-n4c5ccccc5c5ccccc54)cc(-n4c5ccccc5c5ccccc54)c3)c2)nc2ccccc21. The van der Waals surface area contributed by atoms with Gasteiger partial charge in [0, 0.05) is 44.5 Å². The molecule has 3 heterocycles. The number of hydrogen-bond acceptors (Lipinski definition) is 1. The fourth-order valence-corrected chi connectivity index (χ4v) is 8.03. The second-order valence-corrected chi connectivity index (χ2v) is 13.4. The fraction of sp³-hybridized carbons (Fsp3) is 0.0652. The van der Waals surface area contributed by atoms with Gasteiger partial charge in [0.25, 0.3) is 0 Å². The fourth-order valence-electron chi connectivity index (χ4n) is 8.03. The van der Waals surface area contributed by atoms with E-state index in [-0.39, 0.29) is 6.04 Å². The molecule has 10 rings (SSSR count). The van der Waals surface area contributed by atoms with Gasteiger partial charge in [-0.1, -0.05) is 103 Å². The number of rotatable bonds is 5. The van der Waals surface area contributed by atoms with Gasteiger partial charge < -0.3 is 13.7 Å². The second-order valence-electron chi connectivity index (χ2n) is 13.4. The highest BCUT2D eigenvalue weighted by Gasteiger charge is 2.19. The first-order valence-electron chi connectivity index (χ1n) is 17.3. The molecule has 4 nitrogen and oxygen atoms in total. The number of nitrogens with zero attached hydrogens (tertiary/aromatic N) is 4. The summed E-state index contributed by atoms with van der Waals surface area (Å²) in [7, 11) is 0. The van der Waals surface area contributed by atoms with Crippen molar-refractivity contribution in [1.29, 1.82) is 0 Å². The number of imidazole rings is 1. The number of aromatic nitrogens is 4. The van der Waals surface area contributed by atoms with Crippen LogP contribution in [0.3, 0.4) is 0 Å². The zero-order chi connectivity index (χ0) is 33.3. The summed E-state index contributed by atoms with van der Waals surface area (Å²) in [6.45, 7) is 4.46. The molecule has 0 fully saturated rings. The van der Waals surface area contributed by atoms with E-state index in [1.54, 1.807) is 0 Å². The maximum atomic E-state index is 5.15. The molecule has 0 saturated heterocycles. The third-order valence-electron chi connectivity index (χ3n) is 10.1. The topological polar surface area (TPSA) is 27.7 Å². The minimum atomic E-state index is 0.265. The molecule has 0 amide bonds. The summed E-state index contributed by atoms with van der Waals surface area (Å²) in [4.78, 5) is 5.15. The van der Waals surface area contributed by atoms with Crippen molar-refractivity contribution in [2.24, 2.45) is 0 Å². The predicted molar refractivity (Wildman–Crippen MR) is 210 cm³/mol. The molecular formula is C46H34N4. The monoisotopic (exact) mass is 642 g/mol. The van der Waals surface area contributed by atoms with E-state index in [1.165, 1.54) is 43.6 Å². The highest BCUT2D eigenvalue weighted by molar-refractivity contribution is 6.10. The Bertz CT molecular complexity index is 2680. The Balaban J connectivity index is 1.27. The maximum Gasteiger partial charge on any atom is 0.141 e. The van der Waals surface area contributed by atoms with Crippen LogP contribution in [0.2, 0.25) is 0 Å². The van der Waals surface area contributed by atoms with Gasteiger partial charge in [0.2, 0.25) is 0 Å². The molecule has 0 aliphatic carbocycles. The van der Waals surface area contributed by atoms with Gasteiger partial charge in [0.05, 0.1) is 33.1 Å². The first-order chi connectivity index (χ1) is 24.6. The van der Waals surface area contributed by atoms with Gasteiger partial charge in [0.15, 0.2) is 0 Å². The van der Waals surface area contributed by atoms with Crippen molar-refractivity contribution >= 4 is 54.6 Å². The molecule has 7 aromatic carbocycles. The third-order valence-corrected chi connectivity index (χ3v) is 10.1. The van der Waals surface area contributed by atoms with Crippen LogP contribution in [0.5, 0.6) is 0 Å². The summed E-state index contributed by atoms with van der Waals surface area (Å²) < 4.78 is 7.20. The lowest BCUT2D eigenvalue weighted by molar-refractivity contribution is 0.624. The van der Waals surface area contributed by atoms with E-state index in [9.17, 15) is 0 Å². The molecule has 0 unspecified atom stereocenters. The van der Waals surface area contributed by atoms with E-state index in [2.05, 4.69) is 191 Å². The number of para-hydroxylation sites is 6. The van der Waals surface area contributed by atoms with E-state index in [4.69, 9.17) is 4.98 Å². The van der Waals surface area contributed by atoms with Gasteiger partial charge in [-0.2, -0.15) is 0 Å². The summed E-state index contributed by atoms with van der Waals surface area (Å²) >= 11 is 0. The Morgan fingerprint density at radius 2 is 0.840 bits per heavy atom. The van der Waals surface area contributed by atoms with Crippen molar-refractivity contribution in [2.45, 2.75) is 19.9 Å². The summed E-state index contributed by atoms with van der Waals surface area (Å²) in [5.74, 6) is 0.990. The highest BCUT2D eigenvalue weighted by atomic mass is 15.1. The van der Waals surface area contributed by atoms with Crippen LogP contribution in [0.1, 0.15) is 19.9 Å². The molecule has 3 aromatic heterocycles. The average Bonchev–Trinajstić information content (AvgIpc) is 3.83. The van der Waals surface area contributed by atoms with Crippen LogP contribution < -0.4 is 0 Å². The molecule has 0 bridgehead atoms. The van der Waals surface area contributed by atoms with E-state index in [0.717, 1.165) is 44.9 Å².